The molecular weight excluding hydrogens is 411 g/mol. The molecule has 2 unspecified atom stereocenters. The third-order valence-corrected chi connectivity index (χ3v) is 5.90. The van der Waals surface area contributed by atoms with Crippen LogP contribution in [0, 0.1) is 3.57 Å². The predicted molar refractivity (Wildman–Crippen MR) is 105 cm³/mol. The van der Waals surface area contributed by atoms with Crippen molar-refractivity contribution in [2.75, 3.05) is 0 Å². The van der Waals surface area contributed by atoms with Gasteiger partial charge in [-0.3, -0.25) is 0 Å². The smallest absolute Gasteiger partial charge is 0.339 e. The fraction of sp³-hybridized carbons (Fsp3) is 0.381. The van der Waals surface area contributed by atoms with Crippen LogP contribution in [0.4, 0.5) is 0 Å². The van der Waals surface area contributed by atoms with E-state index in [9.17, 15) is 4.79 Å². The van der Waals surface area contributed by atoms with E-state index in [-0.39, 0.29) is 12.1 Å². The lowest BCUT2D eigenvalue weighted by Crippen LogP contribution is -2.17. The van der Waals surface area contributed by atoms with Crippen LogP contribution < -0.4 is 0 Å². The Hall–Kier alpha value is -1.36. The zero-order valence-corrected chi connectivity index (χ0v) is 16.4. The van der Waals surface area contributed by atoms with Crippen molar-refractivity contribution >= 4 is 28.6 Å². The van der Waals surface area contributed by atoms with Gasteiger partial charge in [-0.15, -0.1) is 0 Å². The van der Waals surface area contributed by atoms with Crippen LogP contribution >= 0.6 is 22.6 Å². The van der Waals surface area contributed by atoms with E-state index in [1.54, 1.807) is 0 Å². The van der Waals surface area contributed by atoms with Crippen LogP contribution in [-0.2, 0) is 11.2 Å². The fourth-order valence-corrected chi connectivity index (χ4v) is 3.82. The summed E-state index contributed by atoms with van der Waals surface area (Å²) in [5, 5.41) is 0. The van der Waals surface area contributed by atoms with Gasteiger partial charge in [0.05, 0.1) is 5.56 Å². The molecule has 0 N–H and O–H groups in total. The average Bonchev–Trinajstić information content (AvgIpc) is 2.61. The minimum atomic E-state index is -0.203. The summed E-state index contributed by atoms with van der Waals surface area (Å²) in [6.45, 7) is 4.36. The van der Waals surface area contributed by atoms with Crippen LogP contribution in [0.1, 0.15) is 72.2 Å². The number of hydrogen-bond donors (Lipinski definition) is 0. The molecule has 0 spiro atoms. The van der Waals surface area contributed by atoms with Gasteiger partial charge in [0.15, 0.2) is 0 Å². The van der Waals surface area contributed by atoms with Crippen LogP contribution in [0.2, 0.25) is 0 Å². The van der Waals surface area contributed by atoms with Crippen LogP contribution in [0.3, 0.4) is 0 Å². The highest BCUT2D eigenvalue weighted by atomic mass is 127. The van der Waals surface area contributed by atoms with Crippen molar-refractivity contribution in [2.45, 2.75) is 51.6 Å². The molecule has 1 aliphatic carbocycles. The number of benzene rings is 2. The first kappa shape index (κ1) is 17.5. The molecule has 0 radical (unpaired) electrons. The highest BCUT2D eigenvalue weighted by Gasteiger charge is 2.25. The molecule has 126 valence electrons. The van der Waals surface area contributed by atoms with Gasteiger partial charge in [-0.05, 0) is 83.0 Å². The van der Waals surface area contributed by atoms with Crippen molar-refractivity contribution in [1.29, 1.82) is 0 Å². The van der Waals surface area contributed by atoms with Gasteiger partial charge in [0.25, 0.3) is 0 Å². The first-order valence-electron chi connectivity index (χ1n) is 8.68. The Labute approximate surface area is 157 Å². The number of aryl methyl sites for hydroxylation is 1. The van der Waals surface area contributed by atoms with E-state index in [2.05, 4.69) is 60.7 Å². The minimum absolute atomic E-state index is 0.120. The number of carbonyl (C=O) groups excluding carboxylic acids is 1. The molecule has 3 rings (SSSR count). The van der Waals surface area contributed by atoms with E-state index in [4.69, 9.17) is 4.74 Å². The number of carbonyl (C=O) groups is 1. The standard InChI is InChI=1S/C21H23IO2/c1-3-14(2)16-11-12-19(22)18(13-16)21(23)24-20-10-6-8-15-7-4-5-9-17(15)20/h4-5,7,9,11-14,20H,3,6,8,10H2,1-2H3. The van der Waals surface area contributed by atoms with Gasteiger partial charge in [-0.1, -0.05) is 44.2 Å². The lowest BCUT2D eigenvalue weighted by atomic mass is 9.89. The maximum atomic E-state index is 12.8. The lowest BCUT2D eigenvalue weighted by molar-refractivity contribution is 0.0255. The number of rotatable bonds is 4. The zero-order valence-electron chi connectivity index (χ0n) is 14.2. The minimum Gasteiger partial charge on any atom is -0.454 e. The molecule has 0 saturated carbocycles. The average molecular weight is 434 g/mol. The van der Waals surface area contributed by atoms with Gasteiger partial charge < -0.3 is 4.74 Å². The molecule has 0 aliphatic heterocycles. The molecule has 2 aromatic rings. The summed E-state index contributed by atoms with van der Waals surface area (Å²) in [6, 6.07) is 14.5. The summed E-state index contributed by atoms with van der Waals surface area (Å²) >= 11 is 2.22. The number of hydrogen-bond acceptors (Lipinski definition) is 2. The van der Waals surface area contributed by atoms with Gasteiger partial charge in [-0.2, -0.15) is 0 Å². The van der Waals surface area contributed by atoms with Crippen molar-refractivity contribution in [3.05, 3.63) is 68.3 Å². The second-order valence-corrected chi connectivity index (χ2v) is 7.70. The summed E-state index contributed by atoms with van der Waals surface area (Å²) in [5.74, 6) is 0.246. The molecular formula is C21H23IO2. The zero-order chi connectivity index (χ0) is 17.1. The second-order valence-electron chi connectivity index (χ2n) is 6.53. The number of halogens is 1. The first-order chi connectivity index (χ1) is 11.6. The molecule has 1 aliphatic rings. The topological polar surface area (TPSA) is 26.3 Å². The molecule has 0 amide bonds. The number of fused-ring (bicyclic) bond motifs is 1. The molecule has 0 fully saturated rings. The van der Waals surface area contributed by atoms with Crippen molar-refractivity contribution in [2.24, 2.45) is 0 Å². The first-order valence-corrected chi connectivity index (χ1v) is 9.76. The Morgan fingerprint density at radius 2 is 2.08 bits per heavy atom. The normalized spacial score (nSPS) is 17.9. The van der Waals surface area contributed by atoms with Crippen molar-refractivity contribution in [1.82, 2.24) is 0 Å². The van der Waals surface area contributed by atoms with Gasteiger partial charge >= 0.3 is 5.97 Å². The highest BCUT2D eigenvalue weighted by molar-refractivity contribution is 14.1. The largest absolute Gasteiger partial charge is 0.454 e. The summed E-state index contributed by atoms with van der Waals surface area (Å²) < 4.78 is 6.86. The Bertz CT molecular complexity index is 738. The molecule has 0 saturated heterocycles. The molecule has 0 aromatic heterocycles. The monoisotopic (exact) mass is 434 g/mol. The molecule has 2 aromatic carbocycles. The highest BCUT2D eigenvalue weighted by Crippen LogP contribution is 2.33. The molecule has 2 nitrogen and oxygen atoms in total. The van der Waals surface area contributed by atoms with Gasteiger partial charge in [-0.25, -0.2) is 4.79 Å². The van der Waals surface area contributed by atoms with Crippen LogP contribution in [0.15, 0.2) is 42.5 Å². The number of esters is 1. The van der Waals surface area contributed by atoms with E-state index < -0.39 is 0 Å². The van der Waals surface area contributed by atoms with Crippen LogP contribution in [-0.4, -0.2) is 5.97 Å². The van der Waals surface area contributed by atoms with Crippen molar-refractivity contribution in [3.8, 4) is 0 Å². The maximum Gasteiger partial charge on any atom is 0.339 e. The van der Waals surface area contributed by atoms with Gasteiger partial charge in [0.2, 0.25) is 0 Å². The predicted octanol–water partition coefficient (Wildman–Crippen LogP) is 6.04. The molecule has 0 heterocycles. The Morgan fingerprint density at radius 3 is 2.88 bits per heavy atom. The Morgan fingerprint density at radius 1 is 1.29 bits per heavy atom. The van der Waals surface area contributed by atoms with Crippen molar-refractivity contribution < 1.29 is 9.53 Å². The van der Waals surface area contributed by atoms with Gasteiger partial charge in [0, 0.05) is 3.57 Å². The summed E-state index contributed by atoms with van der Waals surface area (Å²) in [7, 11) is 0. The number of ether oxygens (including phenoxy) is 1. The quantitative estimate of drug-likeness (QED) is 0.433. The fourth-order valence-electron chi connectivity index (χ4n) is 3.27. The Balaban J connectivity index is 1.83. The van der Waals surface area contributed by atoms with E-state index in [0.717, 1.165) is 29.3 Å². The molecule has 2 atom stereocenters. The van der Waals surface area contributed by atoms with E-state index in [1.807, 2.05) is 18.2 Å². The lowest BCUT2D eigenvalue weighted by Gasteiger charge is -2.25. The maximum absolute atomic E-state index is 12.8. The van der Waals surface area contributed by atoms with Crippen LogP contribution in [0.5, 0.6) is 0 Å². The third-order valence-electron chi connectivity index (χ3n) is 4.96. The van der Waals surface area contributed by atoms with Crippen LogP contribution in [0.25, 0.3) is 0 Å². The summed E-state index contributed by atoms with van der Waals surface area (Å²) in [4.78, 5) is 12.8. The van der Waals surface area contributed by atoms with Crippen molar-refractivity contribution in [3.63, 3.8) is 0 Å². The van der Waals surface area contributed by atoms with E-state index in [1.165, 1.54) is 16.7 Å². The second kappa shape index (κ2) is 7.68. The van der Waals surface area contributed by atoms with E-state index >= 15 is 0 Å². The third kappa shape index (κ3) is 3.66. The SMILES string of the molecule is CCC(C)c1ccc(I)c(C(=O)OC2CCCc3ccccc32)c1. The molecule has 3 heteroatoms. The summed E-state index contributed by atoms with van der Waals surface area (Å²) in [5.41, 5.74) is 4.38. The molecule has 0 bridgehead atoms. The Kier molecular flexibility index (Phi) is 5.59. The van der Waals surface area contributed by atoms with E-state index in [0.29, 0.717) is 11.5 Å². The molecule has 24 heavy (non-hydrogen) atoms. The van der Waals surface area contributed by atoms with Gasteiger partial charge in [0.1, 0.15) is 6.10 Å². The summed E-state index contributed by atoms with van der Waals surface area (Å²) in [6.07, 6.45) is 3.99.